The van der Waals surface area contributed by atoms with E-state index in [4.69, 9.17) is 0 Å². The molecular formula is C28H26O. The molecule has 0 spiro atoms. The van der Waals surface area contributed by atoms with E-state index in [1.54, 1.807) is 6.92 Å². The average Bonchev–Trinajstić information content (AvgIpc) is 2.79. The molecule has 0 amide bonds. The number of hydrogen-bond acceptors (Lipinski definition) is 1. The summed E-state index contributed by atoms with van der Waals surface area (Å²) in [5, 5.41) is 0. The van der Waals surface area contributed by atoms with E-state index in [9.17, 15) is 4.79 Å². The van der Waals surface area contributed by atoms with Crippen LogP contribution in [0.15, 0.2) is 96.6 Å². The lowest BCUT2D eigenvalue weighted by Gasteiger charge is -2.24. The van der Waals surface area contributed by atoms with Crippen molar-refractivity contribution in [2.75, 3.05) is 0 Å². The molecule has 1 aliphatic carbocycles. The van der Waals surface area contributed by atoms with E-state index in [0.717, 1.165) is 24.8 Å². The lowest BCUT2D eigenvalue weighted by Crippen LogP contribution is -2.05. The SMILES string of the molecule is CC(=O)c1ccc(/C(=C/c2ccccc2)C2=CCC(c3ccccc3)CC2)cc1. The standard InChI is InChI=1S/C28H26O/c1-21(29)23-12-16-26(17-13-23)28(20-22-8-4-2-5-9-22)27-18-14-25(15-19-27)24-10-6-3-7-11-24/h2-13,16-18,20,25H,14-15,19H2,1H3/b28-20-. The zero-order valence-electron chi connectivity index (χ0n) is 16.8. The Kier molecular flexibility index (Phi) is 5.86. The highest BCUT2D eigenvalue weighted by molar-refractivity contribution is 5.96. The molecule has 0 heterocycles. The van der Waals surface area contributed by atoms with E-state index in [1.165, 1.54) is 27.8 Å². The number of carbonyl (C=O) groups excluding carboxylic acids is 1. The van der Waals surface area contributed by atoms with Crippen LogP contribution in [0.3, 0.4) is 0 Å². The van der Waals surface area contributed by atoms with Gasteiger partial charge in [0.25, 0.3) is 0 Å². The van der Waals surface area contributed by atoms with Gasteiger partial charge in [-0.15, -0.1) is 0 Å². The Hall–Kier alpha value is -3.19. The van der Waals surface area contributed by atoms with Crippen LogP contribution in [0.4, 0.5) is 0 Å². The predicted octanol–water partition coefficient (Wildman–Crippen LogP) is 7.32. The first-order chi connectivity index (χ1) is 14.2. The molecule has 0 bridgehead atoms. The molecule has 1 nitrogen and oxygen atoms in total. The first kappa shape index (κ1) is 19.1. The van der Waals surface area contributed by atoms with Crippen LogP contribution in [0.5, 0.6) is 0 Å². The van der Waals surface area contributed by atoms with Crippen molar-refractivity contribution in [2.45, 2.75) is 32.1 Å². The molecule has 1 heteroatoms. The van der Waals surface area contributed by atoms with Gasteiger partial charge in [0.1, 0.15) is 0 Å². The van der Waals surface area contributed by atoms with Gasteiger partial charge in [0, 0.05) is 5.56 Å². The van der Waals surface area contributed by atoms with Crippen molar-refractivity contribution in [3.8, 4) is 0 Å². The van der Waals surface area contributed by atoms with Gasteiger partial charge in [-0.3, -0.25) is 4.79 Å². The molecule has 3 aromatic rings. The molecule has 3 aromatic carbocycles. The summed E-state index contributed by atoms with van der Waals surface area (Å²) in [5.74, 6) is 0.700. The third-order valence-electron chi connectivity index (χ3n) is 5.74. The summed E-state index contributed by atoms with van der Waals surface area (Å²) in [7, 11) is 0. The molecule has 4 rings (SSSR count). The largest absolute Gasteiger partial charge is 0.295 e. The fourth-order valence-corrected chi connectivity index (χ4v) is 4.07. The Bertz CT molecular complexity index is 1020. The molecule has 1 aliphatic rings. The maximum atomic E-state index is 11.7. The molecule has 0 N–H and O–H groups in total. The third-order valence-corrected chi connectivity index (χ3v) is 5.74. The van der Waals surface area contributed by atoms with E-state index in [0.29, 0.717) is 5.92 Å². The molecule has 0 saturated carbocycles. The number of carbonyl (C=O) groups is 1. The number of benzene rings is 3. The third kappa shape index (κ3) is 4.63. The second-order valence-corrected chi connectivity index (χ2v) is 7.71. The Morgan fingerprint density at radius 2 is 1.45 bits per heavy atom. The molecule has 1 atom stereocenters. The van der Waals surface area contributed by atoms with Crippen LogP contribution >= 0.6 is 0 Å². The number of Topliss-reactive ketones (excluding diaryl/α,β-unsaturated/α-hetero) is 1. The van der Waals surface area contributed by atoms with Crippen LogP contribution in [-0.2, 0) is 0 Å². The van der Waals surface area contributed by atoms with Gasteiger partial charge in [0.05, 0.1) is 0 Å². The minimum atomic E-state index is 0.104. The molecule has 0 saturated heterocycles. The van der Waals surface area contributed by atoms with Gasteiger partial charge in [-0.2, -0.15) is 0 Å². The summed E-state index contributed by atoms with van der Waals surface area (Å²) in [4.78, 5) is 11.7. The zero-order chi connectivity index (χ0) is 20.1. The van der Waals surface area contributed by atoms with E-state index < -0.39 is 0 Å². The number of ketones is 1. The first-order valence-corrected chi connectivity index (χ1v) is 10.3. The highest BCUT2D eigenvalue weighted by atomic mass is 16.1. The molecule has 0 aliphatic heterocycles. The minimum Gasteiger partial charge on any atom is -0.295 e. The smallest absolute Gasteiger partial charge is 0.159 e. The Morgan fingerprint density at radius 1 is 0.828 bits per heavy atom. The summed E-state index contributed by atoms with van der Waals surface area (Å²) in [6, 6.07) is 29.3. The Balaban J connectivity index is 1.67. The molecular weight excluding hydrogens is 352 g/mol. The van der Waals surface area contributed by atoms with Crippen molar-refractivity contribution in [3.63, 3.8) is 0 Å². The van der Waals surface area contributed by atoms with Gasteiger partial charge in [-0.25, -0.2) is 0 Å². The van der Waals surface area contributed by atoms with E-state index in [1.807, 2.05) is 18.2 Å². The molecule has 29 heavy (non-hydrogen) atoms. The topological polar surface area (TPSA) is 17.1 Å². The van der Waals surface area contributed by atoms with Crippen molar-refractivity contribution in [1.29, 1.82) is 0 Å². The quantitative estimate of drug-likeness (QED) is 0.336. The van der Waals surface area contributed by atoms with Gasteiger partial charge in [0.15, 0.2) is 5.78 Å². The highest BCUT2D eigenvalue weighted by Gasteiger charge is 2.19. The number of allylic oxidation sites excluding steroid dienone is 3. The van der Waals surface area contributed by atoms with Crippen LogP contribution in [0.25, 0.3) is 11.6 Å². The monoisotopic (exact) mass is 378 g/mol. The van der Waals surface area contributed by atoms with E-state index >= 15 is 0 Å². The summed E-state index contributed by atoms with van der Waals surface area (Å²) in [5.41, 5.74) is 7.22. The molecule has 144 valence electrons. The number of hydrogen-bond donors (Lipinski definition) is 0. The molecule has 0 radical (unpaired) electrons. The second-order valence-electron chi connectivity index (χ2n) is 7.71. The van der Waals surface area contributed by atoms with Crippen molar-refractivity contribution in [2.24, 2.45) is 0 Å². The summed E-state index contributed by atoms with van der Waals surface area (Å²) in [6.07, 6.45) is 7.98. The van der Waals surface area contributed by atoms with Crippen LogP contribution in [-0.4, -0.2) is 5.78 Å². The zero-order valence-corrected chi connectivity index (χ0v) is 16.8. The van der Waals surface area contributed by atoms with Crippen LogP contribution in [0.2, 0.25) is 0 Å². The van der Waals surface area contributed by atoms with Gasteiger partial charge < -0.3 is 0 Å². The van der Waals surface area contributed by atoms with Gasteiger partial charge in [-0.1, -0.05) is 91.0 Å². The first-order valence-electron chi connectivity index (χ1n) is 10.3. The second kappa shape index (κ2) is 8.87. The highest BCUT2D eigenvalue weighted by Crippen LogP contribution is 2.38. The minimum absolute atomic E-state index is 0.104. The van der Waals surface area contributed by atoms with E-state index in [-0.39, 0.29) is 5.78 Å². The van der Waals surface area contributed by atoms with Crippen LogP contribution in [0, 0.1) is 0 Å². The van der Waals surface area contributed by atoms with Gasteiger partial charge >= 0.3 is 0 Å². The normalized spacial score (nSPS) is 16.9. The van der Waals surface area contributed by atoms with Crippen molar-refractivity contribution < 1.29 is 4.79 Å². The Morgan fingerprint density at radius 3 is 2.03 bits per heavy atom. The summed E-state index contributed by atoms with van der Waals surface area (Å²) >= 11 is 0. The predicted molar refractivity (Wildman–Crippen MR) is 122 cm³/mol. The number of rotatable bonds is 5. The lowest BCUT2D eigenvalue weighted by atomic mass is 9.80. The maximum Gasteiger partial charge on any atom is 0.159 e. The molecule has 1 unspecified atom stereocenters. The van der Waals surface area contributed by atoms with Gasteiger partial charge in [-0.05, 0) is 66.0 Å². The van der Waals surface area contributed by atoms with Gasteiger partial charge in [0.2, 0.25) is 0 Å². The fourth-order valence-electron chi connectivity index (χ4n) is 4.07. The Labute approximate surface area is 173 Å². The van der Waals surface area contributed by atoms with Crippen molar-refractivity contribution >= 4 is 17.4 Å². The summed E-state index contributed by atoms with van der Waals surface area (Å²) in [6.45, 7) is 1.61. The maximum absolute atomic E-state index is 11.7. The average molecular weight is 379 g/mol. The van der Waals surface area contributed by atoms with Crippen LogP contribution < -0.4 is 0 Å². The molecule has 0 fully saturated rings. The fraction of sp³-hybridized carbons (Fsp3) is 0.179. The van der Waals surface area contributed by atoms with Crippen molar-refractivity contribution in [1.82, 2.24) is 0 Å². The lowest BCUT2D eigenvalue weighted by molar-refractivity contribution is 0.101. The van der Waals surface area contributed by atoms with Crippen molar-refractivity contribution in [3.05, 3.63) is 119 Å². The van der Waals surface area contributed by atoms with E-state index in [2.05, 4.69) is 78.9 Å². The van der Waals surface area contributed by atoms with Crippen LogP contribution in [0.1, 0.15) is 59.2 Å². The molecule has 0 aromatic heterocycles. The summed E-state index contributed by atoms with van der Waals surface area (Å²) < 4.78 is 0.